The number of sulfonamides is 1. The highest BCUT2D eigenvalue weighted by Gasteiger charge is 2.26. The maximum absolute atomic E-state index is 13.6. The van der Waals surface area contributed by atoms with Crippen LogP contribution in [0.5, 0.6) is 0 Å². The monoisotopic (exact) mass is 593 g/mol. The van der Waals surface area contributed by atoms with Crippen LogP contribution in [0, 0.1) is 27.7 Å². The van der Waals surface area contributed by atoms with E-state index in [0.29, 0.717) is 30.0 Å². The van der Waals surface area contributed by atoms with E-state index in [1.165, 1.54) is 11.3 Å². The highest BCUT2D eigenvalue weighted by Crippen LogP contribution is 2.38. The number of fused-ring (bicyclic) bond motifs is 1. The van der Waals surface area contributed by atoms with Crippen molar-refractivity contribution in [2.24, 2.45) is 0 Å². The van der Waals surface area contributed by atoms with E-state index in [0.717, 1.165) is 62.4 Å². The molecular formula is C30H35N5O4S2. The summed E-state index contributed by atoms with van der Waals surface area (Å²) in [6.45, 7) is 12.6. The zero-order valence-electron chi connectivity index (χ0n) is 24.5. The van der Waals surface area contributed by atoms with E-state index in [1.807, 2.05) is 36.7 Å². The van der Waals surface area contributed by atoms with Gasteiger partial charge in [-0.25, -0.2) is 8.42 Å². The average Bonchev–Trinajstić information content (AvgIpc) is 3.60. The Bertz CT molecular complexity index is 1850. The first-order valence-corrected chi connectivity index (χ1v) is 15.9. The molecule has 0 atom stereocenters. The van der Waals surface area contributed by atoms with Gasteiger partial charge in [-0.1, -0.05) is 37.2 Å². The van der Waals surface area contributed by atoms with Crippen molar-refractivity contribution in [1.29, 1.82) is 0 Å². The number of aromatic nitrogens is 4. The zero-order chi connectivity index (χ0) is 29.5. The summed E-state index contributed by atoms with van der Waals surface area (Å²) in [6, 6.07) is 10.1. The van der Waals surface area contributed by atoms with Gasteiger partial charge in [-0.05, 0) is 69.4 Å². The van der Waals surface area contributed by atoms with Crippen LogP contribution in [0.2, 0.25) is 0 Å². The van der Waals surface area contributed by atoms with E-state index in [4.69, 9.17) is 19.3 Å². The van der Waals surface area contributed by atoms with E-state index in [-0.39, 0.29) is 10.0 Å². The molecule has 5 rings (SSSR count). The number of nitrogens with one attached hydrogen (secondary N) is 1. The summed E-state index contributed by atoms with van der Waals surface area (Å²) >= 11 is 1.22. The topological polar surface area (TPSA) is 112 Å². The number of methoxy groups -OCH3 is 1. The lowest BCUT2D eigenvalue weighted by Gasteiger charge is -2.14. The van der Waals surface area contributed by atoms with Gasteiger partial charge in [-0.2, -0.15) is 5.10 Å². The summed E-state index contributed by atoms with van der Waals surface area (Å²) in [5.74, 6) is 0.762. The molecular weight excluding hydrogens is 558 g/mol. The maximum atomic E-state index is 13.6. The van der Waals surface area contributed by atoms with Gasteiger partial charge in [-0.15, -0.1) is 11.3 Å². The van der Waals surface area contributed by atoms with Crippen molar-refractivity contribution in [2.45, 2.75) is 71.7 Å². The molecule has 0 aliphatic carbocycles. The van der Waals surface area contributed by atoms with Crippen LogP contribution in [0.4, 0.5) is 5.82 Å². The second-order valence-electron chi connectivity index (χ2n) is 10.2. The molecule has 1 N–H and O–H groups in total. The smallest absolute Gasteiger partial charge is 0.273 e. The van der Waals surface area contributed by atoms with Crippen molar-refractivity contribution in [2.75, 3.05) is 11.8 Å². The van der Waals surface area contributed by atoms with Gasteiger partial charge in [0.15, 0.2) is 5.82 Å². The Labute approximate surface area is 244 Å². The number of nitrogens with zero attached hydrogens (tertiary/aromatic N) is 4. The van der Waals surface area contributed by atoms with Gasteiger partial charge < -0.3 is 9.26 Å². The summed E-state index contributed by atoms with van der Waals surface area (Å²) in [5, 5.41) is 9.98. The number of anilines is 1. The van der Waals surface area contributed by atoms with E-state index in [2.05, 4.69) is 35.9 Å². The van der Waals surface area contributed by atoms with Crippen LogP contribution in [0.25, 0.3) is 22.0 Å². The SMILES string of the molecule is CCc1nc(C)cc2c1c(CC)nn2Cc1ccc(-c2cc(C)sc2S(=O)(=O)Nc2noc(C)c2C)c(COC)c1. The normalized spacial score (nSPS) is 12.0. The molecule has 0 fully saturated rings. The molecule has 4 aromatic heterocycles. The van der Waals surface area contributed by atoms with Crippen LogP contribution in [0.15, 0.2) is 39.1 Å². The molecule has 0 radical (unpaired) electrons. The second-order valence-corrected chi connectivity index (χ2v) is 13.4. The molecule has 0 bridgehead atoms. The first-order chi connectivity index (χ1) is 19.6. The Morgan fingerprint density at radius 1 is 1.02 bits per heavy atom. The van der Waals surface area contributed by atoms with Crippen LogP contribution in [-0.4, -0.2) is 35.4 Å². The fourth-order valence-electron chi connectivity index (χ4n) is 5.13. The lowest BCUT2D eigenvalue weighted by Crippen LogP contribution is -2.13. The minimum atomic E-state index is -3.92. The van der Waals surface area contributed by atoms with Crippen LogP contribution in [0.1, 0.15) is 58.3 Å². The van der Waals surface area contributed by atoms with E-state index < -0.39 is 10.0 Å². The third kappa shape index (κ3) is 5.53. The third-order valence-electron chi connectivity index (χ3n) is 7.22. The zero-order valence-corrected chi connectivity index (χ0v) is 26.1. The molecule has 0 aliphatic heterocycles. The lowest BCUT2D eigenvalue weighted by atomic mass is 9.99. The lowest BCUT2D eigenvalue weighted by molar-refractivity contribution is 0.185. The number of ether oxygens (including phenoxy) is 1. The Kier molecular flexibility index (Phi) is 8.04. The molecule has 41 heavy (non-hydrogen) atoms. The fourth-order valence-corrected chi connectivity index (χ4v) is 7.84. The quantitative estimate of drug-likeness (QED) is 0.197. The Morgan fingerprint density at radius 3 is 2.44 bits per heavy atom. The number of benzene rings is 1. The number of aryl methyl sites for hydroxylation is 5. The van der Waals surface area contributed by atoms with Crippen LogP contribution in [-0.2, 0) is 40.8 Å². The molecule has 0 saturated heterocycles. The molecule has 0 unspecified atom stereocenters. The van der Waals surface area contributed by atoms with Gasteiger partial charge in [0, 0.05) is 34.2 Å². The highest BCUT2D eigenvalue weighted by atomic mass is 32.2. The predicted molar refractivity (Wildman–Crippen MR) is 162 cm³/mol. The van der Waals surface area contributed by atoms with Gasteiger partial charge >= 0.3 is 0 Å². The van der Waals surface area contributed by atoms with Crippen molar-refractivity contribution in [1.82, 2.24) is 19.9 Å². The highest BCUT2D eigenvalue weighted by molar-refractivity contribution is 7.94. The minimum absolute atomic E-state index is 0.196. The van der Waals surface area contributed by atoms with E-state index in [1.54, 1.807) is 21.0 Å². The number of rotatable bonds is 10. The number of pyridine rings is 1. The standard InChI is InChI=1S/C30H35N5O4S2/c1-8-25-28-26(9-2)32-35(27(28)12-17(3)31-25)15-21-10-11-23(22(14-21)16-38-7)24-13-18(4)40-30(24)41(36,37)34-29-19(5)20(6)39-33-29/h10-14H,8-9,15-16H2,1-7H3,(H,33,34). The van der Waals surface area contributed by atoms with Crippen LogP contribution in [0.3, 0.4) is 0 Å². The molecule has 0 aliphatic rings. The molecule has 11 heteroatoms. The van der Waals surface area contributed by atoms with Crippen molar-refractivity contribution < 1.29 is 17.7 Å². The molecule has 0 saturated carbocycles. The van der Waals surface area contributed by atoms with Gasteiger partial charge in [0.25, 0.3) is 10.0 Å². The third-order valence-corrected chi connectivity index (χ3v) is 10.1. The van der Waals surface area contributed by atoms with Crippen molar-refractivity contribution in [3.05, 3.63) is 74.7 Å². The summed E-state index contributed by atoms with van der Waals surface area (Å²) in [4.78, 5) is 5.64. The summed E-state index contributed by atoms with van der Waals surface area (Å²) < 4.78 is 42.7. The number of hydrogen-bond acceptors (Lipinski definition) is 8. The van der Waals surface area contributed by atoms with Crippen LogP contribution < -0.4 is 4.72 Å². The van der Waals surface area contributed by atoms with Gasteiger partial charge in [-0.3, -0.25) is 14.4 Å². The first kappa shape index (κ1) is 29.0. The van der Waals surface area contributed by atoms with Crippen molar-refractivity contribution in [3.8, 4) is 11.1 Å². The molecule has 9 nitrogen and oxygen atoms in total. The predicted octanol–water partition coefficient (Wildman–Crippen LogP) is 6.50. The van der Waals surface area contributed by atoms with Gasteiger partial charge in [0.2, 0.25) is 0 Å². The average molecular weight is 594 g/mol. The van der Waals surface area contributed by atoms with Crippen LogP contribution >= 0.6 is 11.3 Å². The minimum Gasteiger partial charge on any atom is -0.380 e. The van der Waals surface area contributed by atoms with Crippen molar-refractivity contribution in [3.63, 3.8) is 0 Å². The Morgan fingerprint density at radius 2 is 1.78 bits per heavy atom. The summed E-state index contributed by atoms with van der Waals surface area (Å²) in [6.07, 6.45) is 1.67. The van der Waals surface area contributed by atoms with Gasteiger partial charge in [0.1, 0.15) is 9.97 Å². The summed E-state index contributed by atoms with van der Waals surface area (Å²) in [5.41, 5.74) is 8.20. The summed E-state index contributed by atoms with van der Waals surface area (Å²) in [7, 11) is -2.28. The molecule has 216 valence electrons. The van der Waals surface area contributed by atoms with Gasteiger partial charge in [0.05, 0.1) is 30.1 Å². The fraction of sp³-hybridized carbons (Fsp3) is 0.367. The largest absolute Gasteiger partial charge is 0.380 e. The Balaban J connectivity index is 1.55. The first-order valence-electron chi connectivity index (χ1n) is 13.6. The number of hydrogen-bond donors (Lipinski definition) is 1. The maximum Gasteiger partial charge on any atom is 0.273 e. The Hall–Kier alpha value is -3.54. The second kappa shape index (κ2) is 11.4. The molecule has 0 spiro atoms. The molecule has 1 aromatic carbocycles. The van der Waals surface area contributed by atoms with E-state index in [9.17, 15) is 8.42 Å². The van der Waals surface area contributed by atoms with Crippen molar-refractivity contribution >= 4 is 38.1 Å². The molecule has 4 heterocycles. The van der Waals surface area contributed by atoms with E-state index >= 15 is 0 Å². The molecule has 5 aromatic rings. The number of thiophene rings is 1. The molecule has 0 amide bonds.